The summed E-state index contributed by atoms with van der Waals surface area (Å²) in [5.74, 6) is 1.93. The van der Waals surface area contributed by atoms with Crippen LogP contribution < -0.4 is 20.3 Å². The van der Waals surface area contributed by atoms with Crippen LogP contribution in [0.1, 0.15) is 76.6 Å². The average molecular weight is 569 g/mol. The van der Waals surface area contributed by atoms with Crippen LogP contribution in [-0.4, -0.2) is 47.1 Å². The van der Waals surface area contributed by atoms with Gasteiger partial charge in [0.25, 0.3) is 0 Å². The molecule has 2 aromatic heterocycles. The van der Waals surface area contributed by atoms with Crippen LogP contribution in [0.15, 0.2) is 55.0 Å². The van der Waals surface area contributed by atoms with Gasteiger partial charge in [0.15, 0.2) is 5.75 Å². The number of ether oxygens (including phenoxy) is 2. The molecule has 0 amide bonds. The topological polar surface area (TPSA) is 99.6 Å². The number of fused-ring (bicyclic) bond motifs is 1. The van der Waals surface area contributed by atoms with Crippen LogP contribution in [0.25, 0.3) is 11.0 Å². The van der Waals surface area contributed by atoms with Crippen molar-refractivity contribution in [2.75, 3.05) is 19.5 Å². The Labute approximate surface area is 247 Å². The summed E-state index contributed by atoms with van der Waals surface area (Å²) in [5.41, 5.74) is 2.51. The lowest BCUT2D eigenvalue weighted by Gasteiger charge is -2.32. The summed E-state index contributed by atoms with van der Waals surface area (Å²) < 4.78 is 26.6. The number of nitrogens with zero attached hydrogens (tertiary/aromatic N) is 3. The molecule has 6 rings (SSSR count). The smallest absolute Gasteiger partial charge is 0.497 e. The molecule has 42 heavy (non-hydrogen) atoms. The maximum absolute atomic E-state index is 12.0. The van der Waals surface area contributed by atoms with Crippen molar-refractivity contribution in [2.24, 2.45) is 0 Å². The van der Waals surface area contributed by atoms with E-state index in [1.807, 2.05) is 30.3 Å². The number of rotatable bonds is 8. The molecule has 9 nitrogen and oxygen atoms in total. The molecule has 1 unspecified atom stereocenters. The van der Waals surface area contributed by atoms with Gasteiger partial charge in [-0.15, -0.1) is 0 Å². The number of benzene rings is 2. The highest BCUT2D eigenvalue weighted by Crippen LogP contribution is 2.41. The van der Waals surface area contributed by atoms with Crippen molar-refractivity contribution >= 4 is 29.4 Å². The summed E-state index contributed by atoms with van der Waals surface area (Å²) in [6, 6.07) is 12.5. The minimum absolute atomic E-state index is 0.0553. The van der Waals surface area contributed by atoms with Crippen LogP contribution in [0, 0.1) is 0 Å². The summed E-state index contributed by atoms with van der Waals surface area (Å²) in [6.07, 6.45) is 8.35. The molecule has 2 aliphatic rings. The summed E-state index contributed by atoms with van der Waals surface area (Å²) in [6.45, 7) is 8.24. The Morgan fingerprint density at radius 3 is 2.31 bits per heavy atom. The van der Waals surface area contributed by atoms with E-state index in [9.17, 15) is 5.11 Å². The predicted octanol–water partition coefficient (Wildman–Crippen LogP) is 6.21. The molecule has 1 aliphatic heterocycles. The normalized spacial score (nSPS) is 18.9. The molecule has 1 N–H and O–H groups in total. The van der Waals surface area contributed by atoms with E-state index in [2.05, 4.69) is 43.8 Å². The number of hydrogen-bond donors (Lipinski definition) is 1. The zero-order valence-corrected chi connectivity index (χ0v) is 25.1. The fraction of sp³-hybridized carbons (Fsp3) is 0.438. The SMILES string of the molecule is COc1ccc(C(Nc2ncnc3c2c(B2OC(C)(C)C(C)(C)O2)cn3C2CCCC2)c2ccc([O])cc2)c(OC)c1. The molecule has 0 bridgehead atoms. The third-order valence-corrected chi connectivity index (χ3v) is 9.11. The van der Waals surface area contributed by atoms with Crippen molar-refractivity contribution in [2.45, 2.75) is 76.7 Å². The first-order chi connectivity index (χ1) is 20.1. The van der Waals surface area contributed by atoms with E-state index in [0.29, 0.717) is 23.4 Å². The van der Waals surface area contributed by atoms with E-state index in [0.717, 1.165) is 40.5 Å². The minimum atomic E-state index is -0.583. The van der Waals surface area contributed by atoms with E-state index in [1.54, 1.807) is 32.7 Å². The van der Waals surface area contributed by atoms with Gasteiger partial charge in [0.1, 0.15) is 29.3 Å². The highest BCUT2D eigenvalue weighted by molar-refractivity contribution is 6.65. The van der Waals surface area contributed by atoms with Crippen LogP contribution in [-0.2, 0) is 14.4 Å². The number of hydrogen-bond acceptors (Lipinski definition) is 7. The molecular formula is C32H38BN4O5. The van der Waals surface area contributed by atoms with Gasteiger partial charge in [-0.2, -0.15) is 0 Å². The van der Waals surface area contributed by atoms with E-state index in [-0.39, 0.29) is 5.75 Å². The molecule has 2 fully saturated rings. The van der Waals surface area contributed by atoms with Gasteiger partial charge < -0.3 is 28.7 Å². The van der Waals surface area contributed by atoms with Gasteiger partial charge in [0.2, 0.25) is 0 Å². The number of aromatic nitrogens is 3. The van der Waals surface area contributed by atoms with Crippen LogP contribution >= 0.6 is 0 Å². The number of nitrogens with one attached hydrogen (secondary N) is 1. The monoisotopic (exact) mass is 569 g/mol. The molecule has 1 saturated heterocycles. The van der Waals surface area contributed by atoms with E-state index < -0.39 is 24.4 Å². The lowest BCUT2D eigenvalue weighted by Crippen LogP contribution is -2.41. The Morgan fingerprint density at radius 1 is 0.976 bits per heavy atom. The first kappa shape index (κ1) is 28.4. The molecule has 2 aromatic carbocycles. The van der Waals surface area contributed by atoms with Crippen LogP contribution in [0.2, 0.25) is 0 Å². The Hall–Kier alpha value is -3.76. The largest absolute Gasteiger partial charge is 0.497 e. The Bertz CT molecular complexity index is 1560. The van der Waals surface area contributed by atoms with Gasteiger partial charge in [-0.05, 0) is 70.4 Å². The second-order valence-electron chi connectivity index (χ2n) is 12.2. The minimum Gasteiger partial charge on any atom is -0.497 e. The molecule has 10 heteroatoms. The van der Waals surface area contributed by atoms with Crippen molar-refractivity contribution in [3.63, 3.8) is 0 Å². The first-order valence-electron chi connectivity index (χ1n) is 14.6. The number of anilines is 1. The molecule has 1 aliphatic carbocycles. The summed E-state index contributed by atoms with van der Waals surface area (Å²) in [7, 11) is 2.68. The molecule has 4 aromatic rings. The summed E-state index contributed by atoms with van der Waals surface area (Å²) >= 11 is 0. The first-order valence-corrected chi connectivity index (χ1v) is 14.6. The maximum Gasteiger partial charge on any atom is 0.497 e. The quantitative estimate of drug-likeness (QED) is 0.252. The molecule has 0 spiro atoms. The second-order valence-corrected chi connectivity index (χ2v) is 12.2. The third kappa shape index (κ3) is 4.96. The predicted molar refractivity (Wildman–Crippen MR) is 162 cm³/mol. The Balaban J connectivity index is 1.51. The highest BCUT2D eigenvalue weighted by atomic mass is 16.7. The standard InChI is InChI=1S/C32H38BN4O5/c1-31(2)32(3,4)42-33(41-31)25-18-37(21-9-7-8-10-21)30-27(25)29(34-19-35-30)36-28(20-11-13-22(38)14-12-20)24-16-15-23(39-5)17-26(24)40-6/h11-19,21,28H,7-10H2,1-6H3,(H,34,35,36). The molecular weight excluding hydrogens is 531 g/mol. The van der Waals surface area contributed by atoms with Crippen molar-refractivity contribution in [3.8, 4) is 17.2 Å². The maximum atomic E-state index is 12.0. The fourth-order valence-corrected chi connectivity index (χ4v) is 6.03. The van der Waals surface area contributed by atoms with Gasteiger partial charge in [-0.1, -0.05) is 25.0 Å². The van der Waals surface area contributed by atoms with Crippen molar-refractivity contribution < 1.29 is 23.9 Å². The molecule has 1 atom stereocenters. The van der Waals surface area contributed by atoms with Gasteiger partial charge >= 0.3 is 7.12 Å². The van der Waals surface area contributed by atoms with Gasteiger partial charge in [0, 0.05) is 29.3 Å². The Morgan fingerprint density at radius 2 is 1.67 bits per heavy atom. The van der Waals surface area contributed by atoms with Crippen molar-refractivity contribution in [1.82, 2.24) is 14.5 Å². The molecule has 219 valence electrons. The van der Waals surface area contributed by atoms with Gasteiger partial charge in [-0.3, -0.25) is 5.11 Å². The zero-order valence-electron chi connectivity index (χ0n) is 25.1. The lowest BCUT2D eigenvalue weighted by atomic mass is 9.79. The van der Waals surface area contributed by atoms with Gasteiger partial charge in [0.05, 0.1) is 36.8 Å². The van der Waals surface area contributed by atoms with Crippen molar-refractivity contribution in [3.05, 3.63) is 66.1 Å². The van der Waals surface area contributed by atoms with Gasteiger partial charge in [-0.25, -0.2) is 9.97 Å². The molecule has 3 heterocycles. The van der Waals surface area contributed by atoms with E-state index >= 15 is 0 Å². The highest BCUT2D eigenvalue weighted by Gasteiger charge is 2.53. The van der Waals surface area contributed by atoms with Crippen LogP contribution in [0.3, 0.4) is 0 Å². The van der Waals surface area contributed by atoms with E-state index in [1.165, 1.54) is 12.8 Å². The van der Waals surface area contributed by atoms with Crippen LogP contribution in [0.4, 0.5) is 5.82 Å². The van der Waals surface area contributed by atoms with E-state index in [4.69, 9.17) is 28.8 Å². The summed E-state index contributed by atoms with van der Waals surface area (Å²) in [4.78, 5) is 9.57. The third-order valence-electron chi connectivity index (χ3n) is 9.11. The average Bonchev–Trinajstić information content (AvgIpc) is 3.68. The Kier molecular flexibility index (Phi) is 7.31. The molecule has 1 radical (unpaired) electrons. The number of methoxy groups -OCH3 is 2. The second kappa shape index (κ2) is 10.8. The fourth-order valence-electron chi connectivity index (χ4n) is 6.03. The lowest BCUT2D eigenvalue weighted by molar-refractivity contribution is 0.00578. The van der Waals surface area contributed by atoms with Crippen molar-refractivity contribution in [1.29, 1.82) is 0 Å². The molecule has 1 saturated carbocycles. The zero-order chi connectivity index (χ0) is 29.6. The van der Waals surface area contributed by atoms with Crippen LogP contribution in [0.5, 0.6) is 17.2 Å². The summed E-state index contributed by atoms with van der Waals surface area (Å²) in [5, 5.41) is 16.6.